The van der Waals surface area contributed by atoms with Crippen molar-refractivity contribution in [3.8, 4) is 0 Å². The number of aromatic nitrogens is 5. The zero-order valence-corrected chi connectivity index (χ0v) is 15.8. The van der Waals surface area contributed by atoms with Gasteiger partial charge in [0.25, 0.3) is 5.71 Å². The van der Waals surface area contributed by atoms with E-state index in [2.05, 4.69) is 45.1 Å². The van der Waals surface area contributed by atoms with Gasteiger partial charge in [0, 0.05) is 19.0 Å². The van der Waals surface area contributed by atoms with Gasteiger partial charge in [-0.25, -0.2) is 9.97 Å². The fraction of sp³-hybridized carbons (Fsp3) is 0.400. The number of benzene rings is 1. The van der Waals surface area contributed by atoms with Crippen molar-refractivity contribution in [2.45, 2.75) is 39.5 Å². The number of aryl methyl sites for hydroxylation is 3. The molecule has 4 heterocycles. The van der Waals surface area contributed by atoms with Crippen molar-refractivity contribution in [1.29, 1.82) is 0 Å². The molecule has 4 aromatic rings. The van der Waals surface area contributed by atoms with E-state index >= 15 is 0 Å². The van der Waals surface area contributed by atoms with Crippen molar-refractivity contribution in [2.75, 3.05) is 18.0 Å². The molecule has 0 aliphatic carbocycles. The number of hydrogen-bond donors (Lipinski definition) is 1. The maximum Gasteiger partial charge on any atom is 0.263 e. The molecule has 0 spiro atoms. The van der Waals surface area contributed by atoms with E-state index in [1.54, 1.807) is 0 Å². The summed E-state index contributed by atoms with van der Waals surface area (Å²) >= 11 is 0. The topological polar surface area (TPSA) is 83.7 Å². The number of hydrogen-bond acceptors (Lipinski definition) is 6. The van der Waals surface area contributed by atoms with Crippen LogP contribution in [-0.2, 0) is 0 Å². The second kappa shape index (κ2) is 6.04. The lowest BCUT2D eigenvalue weighted by molar-refractivity contribution is 0.442. The third kappa shape index (κ3) is 2.65. The lowest BCUT2D eigenvalue weighted by Gasteiger charge is -2.33. The Bertz CT molecular complexity index is 1140. The van der Waals surface area contributed by atoms with Gasteiger partial charge in [-0.1, -0.05) is 17.3 Å². The molecule has 1 N–H and O–H groups in total. The maximum absolute atomic E-state index is 5.38. The van der Waals surface area contributed by atoms with Crippen LogP contribution in [0.15, 0.2) is 22.7 Å². The van der Waals surface area contributed by atoms with Crippen LogP contribution < -0.4 is 4.90 Å². The summed E-state index contributed by atoms with van der Waals surface area (Å²) in [5, 5.41) is 5.00. The molecule has 1 atom stereocenters. The second-order valence-corrected chi connectivity index (χ2v) is 7.42. The highest BCUT2D eigenvalue weighted by molar-refractivity contribution is 5.88. The van der Waals surface area contributed by atoms with E-state index in [0.29, 0.717) is 17.5 Å². The number of anilines is 1. The monoisotopic (exact) mass is 362 g/mol. The van der Waals surface area contributed by atoms with Crippen LogP contribution in [0.3, 0.4) is 0 Å². The maximum atomic E-state index is 5.38. The average molecular weight is 362 g/mol. The van der Waals surface area contributed by atoms with E-state index in [1.807, 2.05) is 13.8 Å². The quantitative estimate of drug-likeness (QED) is 0.584. The van der Waals surface area contributed by atoms with Crippen molar-refractivity contribution < 1.29 is 4.52 Å². The first kappa shape index (κ1) is 16.2. The van der Waals surface area contributed by atoms with Crippen LogP contribution in [0.1, 0.15) is 41.7 Å². The molecule has 0 unspecified atom stereocenters. The minimum atomic E-state index is 0.344. The Hall–Kier alpha value is -2.96. The van der Waals surface area contributed by atoms with Gasteiger partial charge in [-0.05, 0) is 45.2 Å². The summed E-state index contributed by atoms with van der Waals surface area (Å²) in [6.45, 7) is 7.78. The fourth-order valence-electron chi connectivity index (χ4n) is 4.08. The number of rotatable bonds is 2. The Morgan fingerprint density at radius 1 is 1.15 bits per heavy atom. The molecular weight excluding hydrogens is 340 g/mol. The predicted octanol–water partition coefficient (Wildman–Crippen LogP) is 3.80. The van der Waals surface area contributed by atoms with Crippen LogP contribution in [0.5, 0.6) is 0 Å². The van der Waals surface area contributed by atoms with Crippen LogP contribution in [0, 0.1) is 20.8 Å². The van der Waals surface area contributed by atoms with Gasteiger partial charge in [0.05, 0.1) is 16.7 Å². The lowest BCUT2D eigenvalue weighted by Crippen LogP contribution is -2.35. The van der Waals surface area contributed by atoms with Gasteiger partial charge >= 0.3 is 0 Å². The number of piperidine rings is 1. The highest BCUT2D eigenvalue weighted by Crippen LogP contribution is 2.33. The molecule has 1 aliphatic heterocycles. The van der Waals surface area contributed by atoms with Crippen molar-refractivity contribution in [3.63, 3.8) is 0 Å². The van der Waals surface area contributed by atoms with Crippen LogP contribution in [0.2, 0.25) is 0 Å². The van der Waals surface area contributed by atoms with Crippen molar-refractivity contribution in [3.05, 3.63) is 41.1 Å². The minimum Gasteiger partial charge on any atom is -0.355 e. The van der Waals surface area contributed by atoms with Crippen LogP contribution in [0.25, 0.3) is 22.1 Å². The first-order valence-corrected chi connectivity index (χ1v) is 9.41. The molecule has 0 saturated carbocycles. The Kier molecular flexibility index (Phi) is 3.63. The van der Waals surface area contributed by atoms with Gasteiger partial charge < -0.3 is 14.4 Å². The summed E-state index contributed by atoms with van der Waals surface area (Å²) in [5.41, 5.74) is 4.78. The average Bonchev–Trinajstić information content (AvgIpc) is 3.26. The summed E-state index contributed by atoms with van der Waals surface area (Å²) < 4.78 is 5.38. The highest BCUT2D eigenvalue weighted by atomic mass is 16.5. The fourth-order valence-corrected chi connectivity index (χ4v) is 4.08. The molecule has 7 nitrogen and oxygen atoms in total. The molecule has 27 heavy (non-hydrogen) atoms. The van der Waals surface area contributed by atoms with E-state index in [9.17, 15) is 0 Å². The van der Waals surface area contributed by atoms with Gasteiger partial charge in [0.1, 0.15) is 22.9 Å². The normalized spacial score (nSPS) is 17.9. The largest absolute Gasteiger partial charge is 0.355 e. The lowest BCUT2D eigenvalue weighted by atomic mass is 9.97. The Morgan fingerprint density at radius 2 is 2.04 bits per heavy atom. The standard InChI is InChI=1S/C20H22N6O/c1-11-6-4-8-15-17(11)24-18(23-15)14-7-5-9-26(10-14)19-16-12(2)25-27-20(16)22-13(3)21-19/h4,6,8,14H,5,7,9-10H2,1-3H3,(H,23,24)/t14-/m0/s1. The molecule has 1 fully saturated rings. The molecule has 1 saturated heterocycles. The Labute approximate surface area is 156 Å². The number of imidazole rings is 1. The van der Waals surface area contributed by atoms with Crippen molar-refractivity contribution in [2.24, 2.45) is 0 Å². The van der Waals surface area contributed by atoms with E-state index in [1.165, 1.54) is 5.56 Å². The Balaban J connectivity index is 1.52. The highest BCUT2D eigenvalue weighted by Gasteiger charge is 2.27. The minimum absolute atomic E-state index is 0.344. The molecule has 0 bridgehead atoms. The van der Waals surface area contributed by atoms with Gasteiger partial charge in [0.15, 0.2) is 0 Å². The van der Waals surface area contributed by atoms with Gasteiger partial charge in [-0.15, -0.1) is 0 Å². The number of nitrogens with one attached hydrogen (secondary N) is 1. The van der Waals surface area contributed by atoms with Crippen LogP contribution in [-0.4, -0.2) is 38.2 Å². The molecule has 1 aromatic carbocycles. The smallest absolute Gasteiger partial charge is 0.263 e. The van der Waals surface area contributed by atoms with E-state index in [4.69, 9.17) is 14.5 Å². The van der Waals surface area contributed by atoms with Crippen LogP contribution in [0.4, 0.5) is 5.82 Å². The summed E-state index contributed by atoms with van der Waals surface area (Å²) in [6.07, 6.45) is 2.21. The zero-order valence-electron chi connectivity index (χ0n) is 15.8. The third-order valence-corrected chi connectivity index (χ3v) is 5.44. The molecule has 3 aromatic heterocycles. The third-order valence-electron chi connectivity index (χ3n) is 5.44. The molecular formula is C20H22N6O. The zero-order chi connectivity index (χ0) is 18.5. The van der Waals surface area contributed by atoms with E-state index in [-0.39, 0.29) is 0 Å². The van der Waals surface area contributed by atoms with Gasteiger partial charge in [-0.3, -0.25) is 0 Å². The number of fused-ring (bicyclic) bond motifs is 2. The number of nitrogens with zero attached hydrogens (tertiary/aromatic N) is 5. The SMILES string of the molecule is Cc1nc(N2CCC[C@H](c3nc4c(C)cccc4[nH]3)C2)c2c(C)noc2n1. The van der Waals surface area contributed by atoms with Crippen molar-refractivity contribution >= 4 is 28.0 Å². The number of para-hydroxylation sites is 1. The first-order valence-electron chi connectivity index (χ1n) is 9.41. The van der Waals surface area contributed by atoms with E-state index in [0.717, 1.165) is 59.7 Å². The molecule has 138 valence electrons. The first-order chi connectivity index (χ1) is 13.1. The van der Waals surface area contributed by atoms with Gasteiger partial charge in [0.2, 0.25) is 0 Å². The summed E-state index contributed by atoms with van der Waals surface area (Å²) in [5.74, 6) is 3.03. The molecule has 7 heteroatoms. The van der Waals surface area contributed by atoms with Gasteiger partial charge in [-0.2, -0.15) is 4.98 Å². The van der Waals surface area contributed by atoms with Crippen molar-refractivity contribution in [1.82, 2.24) is 25.1 Å². The predicted molar refractivity (Wildman–Crippen MR) is 104 cm³/mol. The summed E-state index contributed by atoms with van der Waals surface area (Å²) in [6, 6.07) is 6.27. The number of aromatic amines is 1. The molecule has 1 aliphatic rings. The molecule has 0 radical (unpaired) electrons. The second-order valence-electron chi connectivity index (χ2n) is 7.42. The Morgan fingerprint density at radius 3 is 2.89 bits per heavy atom. The van der Waals surface area contributed by atoms with Crippen LogP contribution >= 0.6 is 0 Å². The molecule has 5 rings (SSSR count). The summed E-state index contributed by atoms with van der Waals surface area (Å²) in [7, 11) is 0. The molecule has 0 amide bonds. The van der Waals surface area contributed by atoms with E-state index < -0.39 is 0 Å². The summed E-state index contributed by atoms with van der Waals surface area (Å²) in [4.78, 5) is 19.9. The number of H-pyrrole nitrogens is 1.